The molecule has 0 aliphatic heterocycles. The molecule has 2 heteroatoms. The van der Waals surface area contributed by atoms with E-state index in [2.05, 4.69) is 80.2 Å². The molecule has 0 amide bonds. The van der Waals surface area contributed by atoms with Gasteiger partial charge in [0.1, 0.15) is 0 Å². The average molecular weight is 335 g/mol. The molecule has 25 heavy (non-hydrogen) atoms. The zero-order valence-electron chi connectivity index (χ0n) is 15.4. The fourth-order valence-corrected chi connectivity index (χ4v) is 4.22. The third-order valence-electron chi connectivity index (χ3n) is 5.73. The van der Waals surface area contributed by atoms with Crippen LogP contribution in [0.15, 0.2) is 67.3 Å². The molecule has 0 aromatic heterocycles. The molecule has 1 N–H and O–H groups in total. The second-order valence-corrected chi connectivity index (χ2v) is 7.50. The van der Waals surface area contributed by atoms with Gasteiger partial charge >= 0.3 is 0 Å². The summed E-state index contributed by atoms with van der Waals surface area (Å²) in [6.45, 7) is 3.94. The molecule has 2 aromatic carbocycles. The molecule has 0 heterocycles. The van der Waals surface area contributed by atoms with Crippen LogP contribution in [-0.4, -0.2) is 24.8 Å². The number of hydrogen-bond donors (Lipinski definition) is 1. The minimum atomic E-state index is -0.773. The predicted molar refractivity (Wildman–Crippen MR) is 106 cm³/mol. The van der Waals surface area contributed by atoms with Crippen molar-refractivity contribution in [2.75, 3.05) is 19.0 Å². The van der Waals surface area contributed by atoms with Crippen LogP contribution >= 0.6 is 0 Å². The van der Waals surface area contributed by atoms with E-state index >= 15 is 0 Å². The summed E-state index contributed by atoms with van der Waals surface area (Å²) in [5.41, 5.74) is 3.15. The Kier molecular flexibility index (Phi) is 5.29. The van der Waals surface area contributed by atoms with E-state index < -0.39 is 5.60 Å². The normalized spacial score (nSPS) is 26.2. The Morgan fingerprint density at radius 3 is 2.48 bits per heavy atom. The summed E-state index contributed by atoms with van der Waals surface area (Å²) in [7, 11) is 4.15. The van der Waals surface area contributed by atoms with Gasteiger partial charge in [0.2, 0.25) is 0 Å². The summed E-state index contributed by atoms with van der Waals surface area (Å²) in [6, 6.07) is 19.2. The maximum atomic E-state index is 11.2. The molecule has 3 rings (SSSR count). The van der Waals surface area contributed by atoms with Crippen LogP contribution in [0.1, 0.15) is 36.3 Å². The lowest BCUT2D eigenvalue weighted by molar-refractivity contribution is -0.0104. The van der Waals surface area contributed by atoms with Crippen molar-refractivity contribution in [1.29, 1.82) is 0 Å². The van der Waals surface area contributed by atoms with Crippen molar-refractivity contribution in [1.82, 2.24) is 0 Å². The van der Waals surface area contributed by atoms with Crippen molar-refractivity contribution >= 4 is 5.69 Å². The predicted octanol–water partition coefficient (Wildman–Crippen LogP) is 4.80. The fourth-order valence-electron chi connectivity index (χ4n) is 4.22. The highest BCUT2D eigenvalue weighted by molar-refractivity contribution is 5.52. The second-order valence-electron chi connectivity index (χ2n) is 7.50. The van der Waals surface area contributed by atoms with E-state index in [9.17, 15) is 5.11 Å². The highest BCUT2D eigenvalue weighted by atomic mass is 16.3. The Balaban J connectivity index is 1.87. The smallest absolute Gasteiger partial charge is 0.0856 e. The van der Waals surface area contributed by atoms with Gasteiger partial charge in [0, 0.05) is 19.8 Å². The van der Waals surface area contributed by atoms with Gasteiger partial charge in [-0.1, -0.05) is 54.6 Å². The summed E-state index contributed by atoms with van der Waals surface area (Å²) in [5, 5.41) is 11.2. The Bertz CT molecular complexity index is 709. The topological polar surface area (TPSA) is 23.5 Å². The van der Waals surface area contributed by atoms with E-state index in [1.54, 1.807) is 6.08 Å². The Morgan fingerprint density at radius 2 is 1.80 bits per heavy atom. The molecular formula is C23H29NO. The maximum Gasteiger partial charge on any atom is 0.0856 e. The summed E-state index contributed by atoms with van der Waals surface area (Å²) in [5.74, 6) is 0.697. The summed E-state index contributed by atoms with van der Waals surface area (Å²) >= 11 is 0. The molecule has 0 radical (unpaired) electrons. The van der Waals surface area contributed by atoms with Crippen molar-refractivity contribution in [2.45, 2.75) is 37.2 Å². The molecule has 0 spiro atoms. The molecule has 2 nitrogen and oxygen atoms in total. The van der Waals surface area contributed by atoms with Crippen LogP contribution in [0.5, 0.6) is 0 Å². The van der Waals surface area contributed by atoms with E-state index in [1.807, 2.05) is 0 Å². The van der Waals surface area contributed by atoms with Crippen molar-refractivity contribution in [3.8, 4) is 0 Å². The van der Waals surface area contributed by atoms with Gasteiger partial charge < -0.3 is 10.0 Å². The zero-order chi connectivity index (χ0) is 17.9. The molecule has 1 aliphatic rings. The van der Waals surface area contributed by atoms with Gasteiger partial charge in [0.05, 0.1) is 5.60 Å². The van der Waals surface area contributed by atoms with Gasteiger partial charge in [-0.2, -0.15) is 0 Å². The van der Waals surface area contributed by atoms with E-state index in [0.717, 1.165) is 25.7 Å². The molecule has 2 aromatic rings. The molecule has 3 atom stereocenters. The van der Waals surface area contributed by atoms with Gasteiger partial charge in [-0.05, 0) is 54.7 Å². The van der Waals surface area contributed by atoms with Crippen LogP contribution in [0, 0.1) is 5.92 Å². The number of para-hydroxylation sites is 1. The van der Waals surface area contributed by atoms with Gasteiger partial charge in [-0.3, -0.25) is 0 Å². The minimum absolute atomic E-state index is 0.185. The fraction of sp³-hybridized carbons (Fsp3) is 0.391. The van der Waals surface area contributed by atoms with Crippen LogP contribution in [0.25, 0.3) is 0 Å². The maximum absolute atomic E-state index is 11.2. The number of aliphatic hydroxyl groups is 1. The third-order valence-corrected chi connectivity index (χ3v) is 5.73. The van der Waals surface area contributed by atoms with Crippen LogP contribution in [-0.2, 0) is 6.42 Å². The van der Waals surface area contributed by atoms with Crippen LogP contribution in [0.4, 0.5) is 5.69 Å². The summed E-state index contributed by atoms with van der Waals surface area (Å²) in [4.78, 5) is 2.15. The number of benzene rings is 2. The van der Waals surface area contributed by atoms with Crippen molar-refractivity contribution in [3.63, 3.8) is 0 Å². The lowest BCUT2D eigenvalue weighted by Crippen LogP contribution is -2.42. The standard InChI is InChI=1S/C23H29NO/c1-4-23(25)15-14-19(18-10-6-5-7-11-18)16-21(23)17-20-12-8-9-13-22(20)24(2)3/h4-13,19,21,25H,1,14-17H2,2-3H3. The Labute approximate surface area is 151 Å². The lowest BCUT2D eigenvalue weighted by atomic mass is 9.67. The lowest BCUT2D eigenvalue weighted by Gasteiger charge is -2.42. The Morgan fingerprint density at radius 1 is 1.12 bits per heavy atom. The molecular weight excluding hydrogens is 306 g/mol. The first-order chi connectivity index (χ1) is 12.0. The second kappa shape index (κ2) is 7.45. The first kappa shape index (κ1) is 17.8. The quantitative estimate of drug-likeness (QED) is 0.794. The van der Waals surface area contributed by atoms with Crippen LogP contribution in [0.3, 0.4) is 0 Å². The highest BCUT2D eigenvalue weighted by Gasteiger charge is 2.40. The molecule has 3 unspecified atom stereocenters. The van der Waals surface area contributed by atoms with Crippen molar-refractivity contribution < 1.29 is 5.11 Å². The van der Waals surface area contributed by atoms with Gasteiger partial charge in [-0.25, -0.2) is 0 Å². The zero-order valence-corrected chi connectivity index (χ0v) is 15.4. The van der Waals surface area contributed by atoms with E-state index in [-0.39, 0.29) is 5.92 Å². The Hall–Kier alpha value is -2.06. The van der Waals surface area contributed by atoms with E-state index in [4.69, 9.17) is 0 Å². The number of rotatable bonds is 5. The number of nitrogens with zero attached hydrogens (tertiary/aromatic N) is 1. The minimum Gasteiger partial charge on any atom is -0.386 e. The number of hydrogen-bond acceptors (Lipinski definition) is 2. The van der Waals surface area contributed by atoms with Gasteiger partial charge in [0.25, 0.3) is 0 Å². The molecule has 132 valence electrons. The largest absolute Gasteiger partial charge is 0.386 e. The van der Waals surface area contributed by atoms with Crippen molar-refractivity contribution in [2.24, 2.45) is 5.92 Å². The third kappa shape index (κ3) is 3.80. The van der Waals surface area contributed by atoms with E-state index in [0.29, 0.717) is 5.92 Å². The first-order valence-corrected chi connectivity index (χ1v) is 9.19. The molecule has 1 fully saturated rings. The molecule has 0 saturated heterocycles. The van der Waals surface area contributed by atoms with Crippen molar-refractivity contribution in [3.05, 3.63) is 78.4 Å². The van der Waals surface area contributed by atoms with Crippen LogP contribution in [0.2, 0.25) is 0 Å². The average Bonchev–Trinajstić information content (AvgIpc) is 2.64. The monoisotopic (exact) mass is 335 g/mol. The number of anilines is 1. The van der Waals surface area contributed by atoms with Gasteiger partial charge in [0.15, 0.2) is 0 Å². The molecule has 1 aliphatic carbocycles. The van der Waals surface area contributed by atoms with E-state index in [1.165, 1.54) is 16.8 Å². The summed E-state index contributed by atoms with van der Waals surface area (Å²) < 4.78 is 0. The highest BCUT2D eigenvalue weighted by Crippen LogP contribution is 2.44. The van der Waals surface area contributed by atoms with Crippen LogP contribution < -0.4 is 4.90 Å². The summed E-state index contributed by atoms with van der Waals surface area (Å²) in [6.07, 6.45) is 5.44. The van der Waals surface area contributed by atoms with Gasteiger partial charge in [-0.15, -0.1) is 6.58 Å². The molecule has 0 bridgehead atoms. The molecule has 1 saturated carbocycles. The SMILES string of the molecule is C=CC1(O)CCC(c2ccccc2)CC1Cc1ccccc1N(C)C. The first-order valence-electron chi connectivity index (χ1n) is 9.19.